The number of rotatable bonds is 17. The van der Waals surface area contributed by atoms with Crippen LogP contribution in [0.2, 0.25) is 0 Å². The third kappa shape index (κ3) is 8.27. The molecular formula is C37H40N6O8. The molecule has 266 valence electrons. The predicted octanol–water partition coefficient (Wildman–Crippen LogP) is 5.74. The molecule has 4 aromatic rings. The highest BCUT2D eigenvalue weighted by Crippen LogP contribution is 2.44. The van der Waals surface area contributed by atoms with Gasteiger partial charge in [-0.1, -0.05) is 41.5 Å². The molecule has 0 bridgehead atoms. The Morgan fingerprint density at radius 1 is 0.941 bits per heavy atom. The number of methoxy groups -OCH3 is 4. The molecule has 0 aliphatic carbocycles. The van der Waals surface area contributed by atoms with Crippen LogP contribution in [0.15, 0.2) is 95.0 Å². The number of benzene rings is 4. The summed E-state index contributed by atoms with van der Waals surface area (Å²) >= 11 is 0. The van der Waals surface area contributed by atoms with Gasteiger partial charge in [0.25, 0.3) is 5.91 Å². The van der Waals surface area contributed by atoms with Crippen molar-refractivity contribution in [2.24, 2.45) is 10.1 Å². The van der Waals surface area contributed by atoms with Gasteiger partial charge >= 0.3 is 0 Å². The van der Waals surface area contributed by atoms with Gasteiger partial charge in [0, 0.05) is 42.2 Å². The molecule has 1 aliphatic heterocycles. The van der Waals surface area contributed by atoms with Crippen LogP contribution in [-0.4, -0.2) is 64.1 Å². The van der Waals surface area contributed by atoms with Gasteiger partial charge in [-0.15, -0.1) is 0 Å². The van der Waals surface area contributed by atoms with E-state index < -0.39 is 17.6 Å². The number of amides is 1. The van der Waals surface area contributed by atoms with Crippen molar-refractivity contribution in [2.45, 2.75) is 31.0 Å². The number of aliphatic hydroxyl groups is 1. The van der Waals surface area contributed by atoms with Crippen LogP contribution in [0.3, 0.4) is 0 Å². The lowest BCUT2D eigenvalue weighted by atomic mass is 9.81. The van der Waals surface area contributed by atoms with Crippen LogP contribution in [-0.2, 0) is 22.5 Å². The highest BCUT2D eigenvalue weighted by atomic mass is 16.5. The van der Waals surface area contributed by atoms with Gasteiger partial charge in [-0.3, -0.25) is 10.2 Å². The molecule has 0 aromatic heterocycles. The Bertz CT molecular complexity index is 1870. The summed E-state index contributed by atoms with van der Waals surface area (Å²) in [6.45, 7) is 0.577. The number of azide groups is 1. The quantitative estimate of drug-likeness (QED) is 0.0408. The second kappa shape index (κ2) is 17.1. The zero-order valence-corrected chi connectivity index (χ0v) is 28.8. The molecule has 1 aliphatic rings. The van der Waals surface area contributed by atoms with E-state index >= 15 is 0 Å². The topological polar surface area (TPSA) is 178 Å². The molecule has 5 rings (SSSR count). The first-order valence-corrected chi connectivity index (χ1v) is 16.1. The summed E-state index contributed by atoms with van der Waals surface area (Å²) in [6.07, 6.45) is -0.430. The molecule has 2 atom stereocenters. The molecule has 14 heteroatoms. The van der Waals surface area contributed by atoms with Crippen LogP contribution >= 0.6 is 0 Å². The summed E-state index contributed by atoms with van der Waals surface area (Å²) in [5, 5.41) is 13.0. The summed E-state index contributed by atoms with van der Waals surface area (Å²) in [6, 6.07) is 25.0. The van der Waals surface area contributed by atoms with Crippen molar-refractivity contribution in [1.82, 2.24) is 10.9 Å². The van der Waals surface area contributed by atoms with Gasteiger partial charge < -0.3 is 33.5 Å². The van der Waals surface area contributed by atoms with Crippen LogP contribution in [0.5, 0.6) is 28.7 Å². The van der Waals surface area contributed by atoms with Gasteiger partial charge in [-0.05, 0) is 70.8 Å². The van der Waals surface area contributed by atoms with E-state index in [1.54, 1.807) is 79.9 Å². The number of carbonyl (C=O) groups excluding carboxylic acids is 1. The minimum absolute atomic E-state index is 0.00756. The fourth-order valence-corrected chi connectivity index (χ4v) is 5.76. The van der Waals surface area contributed by atoms with Crippen molar-refractivity contribution in [1.29, 1.82) is 0 Å². The van der Waals surface area contributed by atoms with Crippen molar-refractivity contribution >= 4 is 17.5 Å². The van der Waals surface area contributed by atoms with Gasteiger partial charge in [0.2, 0.25) is 11.6 Å². The van der Waals surface area contributed by atoms with Gasteiger partial charge in [0.05, 0.1) is 35.0 Å². The highest BCUT2D eigenvalue weighted by Gasteiger charge is 2.53. The number of aliphatic imine (C=N–C) groups is 1. The molecular weight excluding hydrogens is 656 g/mol. The Hall–Kier alpha value is -5.95. The second-order valence-corrected chi connectivity index (χ2v) is 11.4. The van der Waals surface area contributed by atoms with E-state index in [0.29, 0.717) is 64.2 Å². The lowest BCUT2D eigenvalue weighted by molar-refractivity contribution is -0.130. The molecule has 4 aromatic carbocycles. The lowest BCUT2D eigenvalue weighted by Crippen LogP contribution is -2.53. The van der Waals surface area contributed by atoms with E-state index in [2.05, 4.69) is 20.9 Å². The number of hydrazine groups is 1. The van der Waals surface area contributed by atoms with Crippen LogP contribution in [0.25, 0.3) is 10.4 Å². The number of nitrogens with zero attached hydrogens (tertiary/aromatic N) is 4. The third-order valence-electron chi connectivity index (χ3n) is 8.25. The van der Waals surface area contributed by atoms with Crippen molar-refractivity contribution in [3.05, 3.63) is 118 Å². The number of nitrogens with one attached hydrogen (secondary N) is 2. The van der Waals surface area contributed by atoms with Crippen LogP contribution in [0.4, 0.5) is 5.69 Å². The number of ether oxygens (including phenoxy) is 6. The smallest absolute Gasteiger partial charge is 0.266 e. The molecule has 51 heavy (non-hydrogen) atoms. The Kier molecular flexibility index (Phi) is 12.2. The Balaban J connectivity index is 1.56. The maximum atomic E-state index is 14.7. The number of hydrogen-bond acceptors (Lipinski definition) is 11. The Morgan fingerprint density at radius 3 is 2.35 bits per heavy atom. The minimum Gasteiger partial charge on any atom is -0.497 e. The summed E-state index contributed by atoms with van der Waals surface area (Å²) in [5.74, 6) is 2.28. The van der Waals surface area contributed by atoms with Crippen LogP contribution in [0.1, 0.15) is 34.8 Å². The maximum Gasteiger partial charge on any atom is 0.266 e. The average molecular weight is 697 g/mol. The Labute approximate surface area is 295 Å². The van der Waals surface area contributed by atoms with Gasteiger partial charge in [0.15, 0.2) is 23.1 Å². The minimum atomic E-state index is -1.61. The van der Waals surface area contributed by atoms with E-state index in [1.807, 2.05) is 12.1 Å². The first-order valence-electron chi connectivity index (χ1n) is 16.1. The summed E-state index contributed by atoms with van der Waals surface area (Å²) in [5.41, 5.74) is 16.6. The number of carbonyl (C=O) groups is 1. The summed E-state index contributed by atoms with van der Waals surface area (Å²) < 4.78 is 34.3. The SMILES string of the molecule is COc1cccc([C@@H]2OC(c3ccc(OCCCO)cc3)=N[C@]2(Cc2ccccc2N=[N+]=[N-])C(=O)NNCc2cc(OC)c(OC)c(OC)c2)c1. The zero-order valence-electron chi connectivity index (χ0n) is 28.8. The lowest BCUT2D eigenvalue weighted by Gasteiger charge is -2.31. The van der Waals surface area contributed by atoms with E-state index in [0.717, 1.165) is 5.56 Å². The fourth-order valence-electron chi connectivity index (χ4n) is 5.76. The predicted molar refractivity (Wildman–Crippen MR) is 190 cm³/mol. The highest BCUT2D eigenvalue weighted by molar-refractivity contribution is 6.01. The van der Waals surface area contributed by atoms with E-state index in [9.17, 15) is 10.3 Å². The van der Waals surface area contributed by atoms with Crippen molar-refractivity contribution in [3.63, 3.8) is 0 Å². The van der Waals surface area contributed by atoms with Crippen LogP contribution in [0, 0.1) is 0 Å². The van der Waals surface area contributed by atoms with Crippen molar-refractivity contribution < 1.29 is 38.3 Å². The number of hydrogen-bond donors (Lipinski definition) is 3. The molecule has 1 heterocycles. The van der Waals surface area contributed by atoms with Crippen molar-refractivity contribution in [3.8, 4) is 28.7 Å². The standard InChI is InChI=1S/C37H40N6O8/c1-46-29-11-7-10-26(21-29)34-37(22-27-9-5-6-12-30(27)41-43-38,40-35(51-34)25-13-15-28(16-14-25)50-18-8-17-44)36(45)42-39-23-24-19-31(47-2)33(49-4)32(20-24)48-3/h5-7,9-16,19-21,34,39,44H,8,17-18,22-23H2,1-4H3,(H,42,45)/t34-,37-/m0/s1. The fraction of sp³-hybridized carbons (Fsp3) is 0.297. The molecule has 0 spiro atoms. The average Bonchev–Trinajstić information content (AvgIpc) is 3.56. The summed E-state index contributed by atoms with van der Waals surface area (Å²) in [4.78, 5) is 22.7. The van der Waals surface area contributed by atoms with E-state index in [4.69, 9.17) is 38.5 Å². The molecule has 0 unspecified atom stereocenters. The van der Waals surface area contributed by atoms with Gasteiger partial charge in [-0.25, -0.2) is 10.4 Å². The molecule has 3 N–H and O–H groups in total. The normalized spacial score (nSPS) is 16.3. The van der Waals surface area contributed by atoms with Gasteiger partial charge in [-0.2, -0.15) is 0 Å². The van der Waals surface area contributed by atoms with Crippen molar-refractivity contribution in [2.75, 3.05) is 41.7 Å². The third-order valence-corrected chi connectivity index (χ3v) is 8.25. The van der Waals surface area contributed by atoms with E-state index in [-0.39, 0.29) is 25.5 Å². The molecule has 0 saturated heterocycles. The first-order chi connectivity index (χ1) is 24.9. The summed E-state index contributed by atoms with van der Waals surface area (Å²) in [7, 11) is 6.14. The molecule has 1 amide bonds. The van der Waals surface area contributed by atoms with E-state index in [1.165, 1.54) is 21.3 Å². The molecule has 14 nitrogen and oxygen atoms in total. The second-order valence-electron chi connectivity index (χ2n) is 11.4. The maximum absolute atomic E-state index is 14.7. The molecule has 0 radical (unpaired) electrons. The largest absolute Gasteiger partial charge is 0.497 e. The van der Waals surface area contributed by atoms with Gasteiger partial charge in [0.1, 0.15) is 11.5 Å². The first kappa shape index (κ1) is 36.3. The molecule has 0 saturated carbocycles. The number of aliphatic hydroxyl groups excluding tert-OH is 1. The Morgan fingerprint density at radius 2 is 1.69 bits per heavy atom. The monoisotopic (exact) mass is 696 g/mol. The molecule has 0 fully saturated rings. The zero-order chi connectivity index (χ0) is 36.2. The van der Waals surface area contributed by atoms with Crippen LogP contribution < -0.4 is 34.5 Å².